The second kappa shape index (κ2) is 10.1. The van der Waals surface area contributed by atoms with Crippen molar-refractivity contribution in [3.63, 3.8) is 0 Å². The molecule has 5 rings (SSSR count). The number of hydrogen-bond donors (Lipinski definition) is 1. The summed E-state index contributed by atoms with van der Waals surface area (Å²) in [5.74, 6) is 0.365. The zero-order valence-electron chi connectivity index (χ0n) is 21.1. The van der Waals surface area contributed by atoms with Crippen molar-refractivity contribution in [2.45, 2.75) is 27.3 Å². The van der Waals surface area contributed by atoms with Crippen LogP contribution in [0.1, 0.15) is 16.8 Å². The molecule has 9 nitrogen and oxygen atoms in total. The van der Waals surface area contributed by atoms with E-state index in [0.717, 1.165) is 33.3 Å². The molecule has 0 spiro atoms. The number of fused-ring (bicyclic) bond motifs is 1. The fourth-order valence-corrected chi connectivity index (χ4v) is 4.26. The minimum absolute atomic E-state index is 0.120. The number of aryl methyl sites for hydroxylation is 3. The maximum atomic E-state index is 13.0. The number of amides is 1. The second-order valence-electron chi connectivity index (χ2n) is 9.10. The van der Waals surface area contributed by atoms with E-state index in [2.05, 4.69) is 15.4 Å². The van der Waals surface area contributed by atoms with Crippen LogP contribution >= 0.6 is 0 Å². The summed E-state index contributed by atoms with van der Waals surface area (Å²) >= 11 is 0. The average molecular weight is 508 g/mol. The number of carbonyl (C=O) groups excluding carboxylic acids is 1. The SMILES string of the molecule is Cc1ccc(Oc2cc(NC(=O)Cn3nc(C)c4c(-c5ccc(C)cc5)ccnc43)cc([N+](=O)[O-])c2)cc1. The van der Waals surface area contributed by atoms with Gasteiger partial charge in [0.2, 0.25) is 5.91 Å². The molecule has 0 fully saturated rings. The summed E-state index contributed by atoms with van der Waals surface area (Å²) in [6.45, 7) is 5.75. The number of hydrogen-bond acceptors (Lipinski definition) is 6. The van der Waals surface area contributed by atoms with Crippen LogP contribution < -0.4 is 10.1 Å². The number of nitro groups is 1. The molecule has 3 aromatic carbocycles. The van der Waals surface area contributed by atoms with Gasteiger partial charge in [-0.05, 0) is 50.1 Å². The molecule has 0 unspecified atom stereocenters. The highest BCUT2D eigenvalue weighted by Crippen LogP contribution is 2.31. The smallest absolute Gasteiger partial charge is 0.275 e. The first kappa shape index (κ1) is 24.6. The van der Waals surface area contributed by atoms with E-state index in [9.17, 15) is 14.9 Å². The lowest BCUT2D eigenvalue weighted by Crippen LogP contribution is -2.20. The van der Waals surface area contributed by atoms with Crippen LogP contribution in [-0.2, 0) is 11.3 Å². The average Bonchev–Trinajstić information content (AvgIpc) is 3.20. The molecule has 0 saturated carbocycles. The Morgan fingerprint density at radius 2 is 1.63 bits per heavy atom. The molecule has 9 heteroatoms. The van der Waals surface area contributed by atoms with E-state index in [4.69, 9.17) is 4.74 Å². The largest absolute Gasteiger partial charge is 0.457 e. The Hall–Kier alpha value is -5.05. The Morgan fingerprint density at radius 3 is 2.32 bits per heavy atom. The summed E-state index contributed by atoms with van der Waals surface area (Å²) in [6.07, 6.45) is 1.70. The Balaban J connectivity index is 1.40. The van der Waals surface area contributed by atoms with Gasteiger partial charge >= 0.3 is 0 Å². The van der Waals surface area contributed by atoms with Crippen LogP contribution in [0, 0.1) is 30.9 Å². The van der Waals surface area contributed by atoms with Gasteiger partial charge in [0.1, 0.15) is 18.0 Å². The highest BCUT2D eigenvalue weighted by molar-refractivity contribution is 5.96. The Labute approximate surface area is 218 Å². The van der Waals surface area contributed by atoms with Crippen LogP contribution in [0.4, 0.5) is 11.4 Å². The molecular weight excluding hydrogens is 482 g/mol. The van der Waals surface area contributed by atoms with Crippen molar-refractivity contribution in [3.05, 3.63) is 106 Å². The number of nitrogens with zero attached hydrogens (tertiary/aromatic N) is 4. The number of anilines is 1. The van der Waals surface area contributed by atoms with Crippen molar-refractivity contribution in [2.75, 3.05) is 5.32 Å². The van der Waals surface area contributed by atoms with Crippen LogP contribution in [0.15, 0.2) is 79.0 Å². The van der Waals surface area contributed by atoms with Crippen molar-refractivity contribution < 1.29 is 14.5 Å². The molecule has 1 amide bonds. The quantitative estimate of drug-likeness (QED) is 0.203. The van der Waals surface area contributed by atoms with Gasteiger partial charge in [0.15, 0.2) is 5.65 Å². The summed E-state index contributed by atoms with van der Waals surface area (Å²) in [4.78, 5) is 28.5. The zero-order valence-corrected chi connectivity index (χ0v) is 21.1. The number of non-ortho nitro benzene ring substituents is 1. The van der Waals surface area contributed by atoms with E-state index in [1.807, 2.05) is 63.2 Å². The molecule has 2 heterocycles. The van der Waals surface area contributed by atoms with Crippen LogP contribution in [0.3, 0.4) is 0 Å². The first-order valence-corrected chi connectivity index (χ1v) is 12.0. The molecule has 0 saturated heterocycles. The number of aromatic nitrogens is 3. The number of pyridine rings is 1. The maximum Gasteiger partial charge on any atom is 0.275 e. The fourth-order valence-electron chi connectivity index (χ4n) is 4.26. The van der Waals surface area contributed by atoms with E-state index >= 15 is 0 Å². The highest BCUT2D eigenvalue weighted by atomic mass is 16.6. The third-order valence-electron chi connectivity index (χ3n) is 6.11. The molecule has 190 valence electrons. The van der Waals surface area contributed by atoms with Gasteiger partial charge < -0.3 is 10.1 Å². The number of carbonyl (C=O) groups is 1. The molecule has 5 aromatic rings. The first-order chi connectivity index (χ1) is 18.3. The second-order valence-corrected chi connectivity index (χ2v) is 9.10. The van der Waals surface area contributed by atoms with E-state index in [-0.39, 0.29) is 23.7 Å². The van der Waals surface area contributed by atoms with Gasteiger partial charge in [-0.1, -0.05) is 47.5 Å². The highest BCUT2D eigenvalue weighted by Gasteiger charge is 2.18. The summed E-state index contributed by atoms with van der Waals surface area (Å²) < 4.78 is 7.35. The number of rotatable bonds is 7. The number of nitrogens with one attached hydrogen (secondary N) is 1. The van der Waals surface area contributed by atoms with Crippen LogP contribution in [-0.4, -0.2) is 25.6 Å². The Bertz CT molecular complexity index is 1660. The van der Waals surface area contributed by atoms with Crippen molar-refractivity contribution in [1.82, 2.24) is 14.8 Å². The third kappa shape index (κ3) is 5.22. The minimum Gasteiger partial charge on any atom is -0.457 e. The summed E-state index contributed by atoms with van der Waals surface area (Å²) in [5.41, 5.74) is 5.62. The molecule has 2 aromatic heterocycles. The molecule has 0 aliphatic carbocycles. The predicted octanol–water partition coefficient (Wildman–Crippen LogP) is 6.36. The number of benzene rings is 3. The lowest BCUT2D eigenvalue weighted by atomic mass is 10.0. The lowest BCUT2D eigenvalue weighted by molar-refractivity contribution is -0.384. The van der Waals surface area contributed by atoms with E-state index < -0.39 is 10.8 Å². The maximum absolute atomic E-state index is 13.0. The van der Waals surface area contributed by atoms with Gasteiger partial charge in [-0.25, -0.2) is 9.67 Å². The summed E-state index contributed by atoms with van der Waals surface area (Å²) in [5, 5.41) is 19.7. The minimum atomic E-state index is -0.529. The Kier molecular flexibility index (Phi) is 6.57. The van der Waals surface area contributed by atoms with Gasteiger partial charge in [-0.3, -0.25) is 14.9 Å². The molecule has 0 bridgehead atoms. The van der Waals surface area contributed by atoms with Gasteiger partial charge in [-0.15, -0.1) is 0 Å². The molecule has 38 heavy (non-hydrogen) atoms. The van der Waals surface area contributed by atoms with Crippen LogP contribution in [0.2, 0.25) is 0 Å². The topological polar surface area (TPSA) is 112 Å². The number of ether oxygens (including phenoxy) is 1. The normalized spacial score (nSPS) is 10.9. The van der Waals surface area contributed by atoms with Crippen LogP contribution in [0.25, 0.3) is 22.2 Å². The van der Waals surface area contributed by atoms with E-state index in [1.54, 1.807) is 29.1 Å². The first-order valence-electron chi connectivity index (χ1n) is 12.0. The van der Waals surface area contributed by atoms with Crippen molar-refractivity contribution in [1.29, 1.82) is 0 Å². The third-order valence-corrected chi connectivity index (χ3v) is 6.11. The van der Waals surface area contributed by atoms with Crippen LogP contribution in [0.5, 0.6) is 11.5 Å². The molecular formula is C29H25N5O4. The predicted molar refractivity (Wildman–Crippen MR) is 145 cm³/mol. The standard InChI is InChI=1S/C29H25N5O4/c1-18-4-8-21(9-5-18)26-12-13-30-29-28(26)20(3)32-33(29)17-27(35)31-22-14-23(34(36)37)16-25(15-22)38-24-10-6-19(2)7-11-24/h4-16H,17H2,1-3H3,(H,31,35). The monoisotopic (exact) mass is 507 g/mol. The molecule has 0 aliphatic rings. The fraction of sp³-hybridized carbons (Fsp3) is 0.138. The van der Waals surface area contributed by atoms with E-state index in [1.165, 1.54) is 12.1 Å². The molecule has 0 aliphatic heterocycles. The Morgan fingerprint density at radius 1 is 0.947 bits per heavy atom. The van der Waals surface area contributed by atoms with Crippen molar-refractivity contribution >= 4 is 28.3 Å². The summed E-state index contributed by atoms with van der Waals surface area (Å²) in [6, 6.07) is 21.6. The molecule has 0 atom stereocenters. The van der Waals surface area contributed by atoms with Gasteiger partial charge in [-0.2, -0.15) is 5.10 Å². The van der Waals surface area contributed by atoms with Gasteiger partial charge in [0.25, 0.3) is 5.69 Å². The van der Waals surface area contributed by atoms with Crippen molar-refractivity contribution in [3.8, 4) is 22.6 Å². The van der Waals surface area contributed by atoms with Gasteiger partial charge in [0.05, 0.1) is 22.4 Å². The molecule has 0 radical (unpaired) electrons. The molecule has 1 N–H and O–H groups in total. The van der Waals surface area contributed by atoms with E-state index in [0.29, 0.717) is 11.4 Å². The van der Waals surface area contributed by atoms with Crippen molar-refractivity contribution in [2.24, 2.45) is 0 Å². The van der Waals surface area contributed by atoms with Gasteiger partial charge in [0, 0.05) is 23.7 Å². The zero-order chi connectivity index (χ0) is 26.8. The summed E-state index contributed by atoms with van der Waals surface area (Å²) in [7, 11) is 0. The lowest BCUT2D eigenvalue weighted by Gasteiger charge is -2.10. The number of nitro benzene ring substituents is 1.